The van der Waals surface area contributed by atoms with Crippen LogP contribution in [0.5, 0.6) is 0 Å². The molecule has 4 aliphatic rings. The Hall–Kier alpha value is -7.22. The quantitative estimate of drug-likeness (QED) is 0.0363. The lowest BCUT2D eigenvalue weighted by Gasteiger charge is -2.45. The van der Waals surface area contributed by atoms with Gasteiger partial charge in [0.05, 0.1) is 35.7 Å². The van der Waals surface area contributed by atoms with E-state index in [-0.39, 0.29) is 80.1 Å². The minimum atomic E-state index is -5.87. The summed E-state index contributed by atoms with van der Waals surface area (Å²) in [6.07, 6.45) is 1.26. The number of thiophene rings is 1. The number of alkyl halides is 2. The molecule has 4 aromatic rings. The van der Waals surface area contributed by atoms with Crippen molar-refractivity contribution in [2.24, 2.45) is 5.41 Å². The molecule has 0 radical (unpaired) electrons. The number of carbonyl (C=O) groups excluding carboxylic acids is 9. The van der Waals surface area contributed by atoms with E-state index in [0.29, 0.717) is 35.9 Å². The van der Waals surface area contributed by atoms with Gasteiger partial charge in [-0.2, -0.15) is 8.78 Å². The van der Waals surface area contributed by atoms with Crippen molar-refractivity contribution in [2.45, 2.75) is 95.6 Å². The lowest BCUT2D eigenvalue weighted by molar-refractivity contribution is -0.158. The fourth-order valence-electron chi connectivity index (χ4n) is 9.77. The molecule has 5 N–H and O–H groups in total. The smallest absolute Gasteiger partial charge is 0.370 e. The van der Waals surface area contributed by atoms with E-state index in [1.54, 1.807) is 37.8 Å². The number of halogens is 2. The molecule has 4 atom stereocenters. The zero-order chi connectivity index (χ0) is 56.3. The van der Waals surface area contributed by atoms with E-state index in [1.165, 1.54) is 28.0 Å². The standard InChI is InChI=1S/C54H58F2N7O13PS/c1-53(2,3)46(59-48(68)41-28-34-27-35(18-20-40(34)78-41)54(55,56)77(73,74)75)52(72)62-24-23-60(30-38(62)50(70)61-25-26-76-39(31-61)32-13-9-7-10-14-32)44(66)29-43(65)57-22-11-6-4-5-8-15-33-16-12-17-36-45(33)51(71)63(49(36)69)37-19-21-42(64)58-47(37)67/h7,9-10,12-14,16-18,20,27-28,37-39,46H,4-6,11,19,21-26,29-31H2,1-3H3,(H,57,65)(H,59,68)(H,58,64,67)(H2,73,74,75)/t37?,38-,39-,46+/m0/s1. The molecule has 3 saturated heterocycles. The summed E-state index contributed by atoms with van der Waals surface area (Å²) in [5, 5.41) is 7.83. The highest BCUT2D eigenvalue weighted by Crippen LogP contribution is 2.59. The largest absolute Gasteiger partial charge is 0.399 e. The van der Waals surface area contributed by atoms with Gasteiger partial charge >= 0.3 is 13.3 Å². The minimum absolute atomic E-state index is 0.0000458. The molecular formula is C54H58F2N7O13PS. The highest BCUT2D eigenvalue weighted by atomic mass is 32.1. The molecule has 3 aromatic carbocycles. The number of piperazine rings is 1. The average molecular weight is 1110 g/mol. The van der Waals surface area contributed by atoms with Crippen molar-refractivity contribution in [3.63, 3.8) is 0 Å². The lowest BCUT2D eigenvalue weighted by Crippen LogP contribution is -2.66. The maximum absolute atomic E-state index is 14.8. The van der Waals surface area contributed by atoms with Gasteiger partial charge in [-0.05, 0) is 66.0 Å². The second kappa shape index (κ2) is 23.4. The van der Waals surface area contributed by atoms with Gasteiger partial charge in [-0.3, -0.25) is 57.9 Å². The number of ether oxygens (including phenoxy) is 1. The summed E-state index contributed by atoms with van der Waals surface area (Å²) in [5.41, 5.74) is -4.98. The van der Waals surface area contributed by atoms with E-state index < -0.39 is 108 Å². The van der Waals surface area contributed by atoms with Gasteiger partial charge in [-0.25, -0.2) is 0 Å². The first-order chi connectivity index (χ1) is 36.9. The number of unbranched alkanes of at least 4 members (excludes halogenated alkanes) is 3. The molecule has 0 spiro atoms. The van der Waals surface area contributed by atoms with Crippen molar-refractivity contribution in [2.75, 3.05) is 45.9 Å². The van der Waals surface area contributed by atoms with Gasteiger partial charge in [-0.15, -0.1) is 11.3 Å². The zero-order valence-electron chi connectivity index (χ0n) is 42.9. The molecule has 78 heavy (non-hydrogen) atoms. The summed E-state index contributed by atoms with van der Waals surface area (Å²) in [6, 6.07) is 14.7. The van der Waals surface area contributed by atoms with Gasteiger partial charge in [0.2, 0.25) is 35.4 Å². The van der Waals surface area contributed by atoms with Crippen LogP contribution in [0.3, 0.4) is 0 Å². The fraction of sp³-hybridized carbons (Fsp3) is 0.426. The number of amides is 9. The first-order valence-corrected chi connectivity index (χ1v) is 27.8. The molecule has 0 bridgehead atoms. The molecule has 3 fully saturated rings. The molecule has 0 saturated carbocycles. The number of hydrogen-bond acceptors (Lipinski definition) is 12. The van der Waals surface area contributed by atoms with Crippen LogP contribution in [0.15, 0.2) is 72.8 Å². The topological polar surface area (TPSA) is 269 Å². The third kappa shape index (κ3) is 12.4. The van der Waals surface area contributed by atoms with Crippen LogP contribution in [0.2, 0.25) is 0 Å². The van der Waals surface area contributed by atoms with E-state index in [2.05, 4.69) is 27.8 Å². The molecule has 1 aromatic heterocycles. The molecular weight excluding hydrogens is 1060 g/mol. The SMILES string of the molecule is CC(C)(C)[C@H](NC(=O)c1cc2cc(C(F)(F)P(=O)(O)O)ccc2s1)C(=O)N1CCN(C(=O)CC(=O)NCCCCCC#Cc2cccc3c2C(=O)N(C2CCC(=O)NC2=O)C3=O)C[C@H]1C(=O)N1CCO[C@H](c2ccccc2)C1. The number of fused-ring (bicyclic) bond motifs is 2. The van der Waals surface area contributed by atoms with E-state index in [9.17, 15) is 66.3 Å². The van der Waals surface area contributed by atoms with Crippen molar-refractivity contribution in [3.05, 3.63) is 105 Å². The van der Waals surface area contributed by atoms with Gasteiger partial charge in [0.15, 0.2) is 0 Å². The maximum atomic E-state index is 14.8. The van der Waals surface area contributed by atoms with Crippen LogP contribution >= 0.6 is 18.9 Å². The molecule has 412 valence electrons. The Bertz CT molecular complexity index is 3190. The minimum Gasteiger partial charge on any atom is -0.370 e. The van der Waals surface area contributed by atoms with E-state index in [0.717, 1.165) is 33.9 Å². The summed E-state index contributed by atoms with van der Waals surface area (Å²) in [6.45, 7) is 5.44. The van der Waals surface area contributed by atoms with Gasteiger partial charge in [0.1, 0.15) is 30.7 Å². The van der Waals surface area contributed by atoms with Gasteiger partial charge in [-0.1, -0.05) is 81.5 Å². The highest BCUT2D eigenvalue weighted by Gasteiger charge is 2.51. The Balaban J connectivity index is 0.881. The number of hydrogen-bond donors (Lipinski definition) is 5. The summed E-state index contributed by atoms with van der Waals surface area (Å²) >= 11 is 0.916. The fourth-order valence-corrected chi connectivity index (χ4v) is 11.2. The van der Waals surface area contributed by atoms with Crippen LogP contribution in [-0.4, -0.2) is 147 Å². The molecule has 24 heteroatoms. The number of carbonyl (C=O) groups is 9. The van der Waals surface area contributed by atoms with Crippen LogP contribution in [-0.2, 0) is 43.7 Å². The molecule has 0 aliphatic carbocycles. The monoisotopic (exact) mass is 1110 g/mol. The first kappa shape index (κ1) is 57.0. The molecule has 5 heterocycles. The van der Waals surface area contributed by atoms with Crippen LogP contribution in [0, 0.1) is 17.3 Å². The summed E-state index contributed by atoms with van der Waals surface area (Å²) in [4.78, 5) is 145. The van der Waals surface area contributed by atoms with Crippen molar-refractivity contribution >= 4 is 82.2 Å². The van der Waals surface area contributed by atoms with Crippen molar-refractivity contribution in [1.29, 1.82) is 0 Å². The second-order valence-corrected chi connectivity index (χ2v) is 23.2. The number of rotatable bonds is 15. The van der Waals surface area contributed by atoms with Crippen LogP contribution in [0.25, 0.3) is 10.1 Å². The first-order valence-electron chi connectivity index (χ1n) is 25.4. The summed E-state index contributed by atoms with van der Waals surface area (Å²) in [7, 11) is -5.87. The van der Waals surface area contributed by atoms with Gasteiger partial charge in [0, 0.05) is 54.8 Å². The van der Waals surface area contributed by atoms with Crippen molar-refractivity contribution in [3.8, 4) is 11.8 Å². The summed E-state index contributed by atoms with van der Waals surface area (Å²) in [5.74, 6) is 0.573. The Labute approximate surface area is 451 Å². The molecule has 1 unspecified atom stereocenters. The third-order valence-corrected chi connectivity index (χ3v) is 16.1. The van der Waals surface area contributed by atoms with E-state index in [4.69, 9.17) is 4.74 Å². The maximum Gasteiger partial charge on any atom is 0.399 e. The van der Waals surface area contributed by atoms with Crippen molar-refractivity contribution < 1.29 is 71.0 Å². The molecule has 8 rings (SSSR count). The van der Waals surface area contributed by atoms with Crippen LogP contribution in [0.4, 0.5) is 8.78 Å². The number of benzene rings is 3. The van der Waals surface area contributed by atoms with E-state index in [1.807, 2.05) is 30.3 Å². The molecule has 20 nitrogen and oxygen atoms in total. The number of imide groups is 2. The van der Waals surface area contributed by atoms with Gasteiger partial charge < -0.3 is 39.9 Å². The number of nitrogens with zero attached hydrogens (tertiary/aromatic N) is 4. The normalized spacial score (nSPS) is 19.4. The Morgan fingerprint density at radius 3 is 2.37 bits per heavy atom. The van der Waals surface area contributed by atoms with Gasteiger partial charge in [0.25, 0.3) is 17.7 Å². The predicted octanol–water partition coefficient (Wildman–Crippen LogP) is 4.43. The second-order valence-electron chi connectivity index (χ2n) is 20.5. The highest BCUT2D eigenvalue weighted by molar-refractivity contribution is 7.52. The van der Waals surface area contributed by atoms with E-state index >= 15 is 0 Å². The third-order valence-electron chi connectivity index (χ3n) is 14.0. The average Bonchev–Trinajstić information content (AvgIpc) is 4.01. The lowest BCUT2D eigenvalue weighted by atomic mass is 9.85. The molecule has 4 aliphatic heterocycles. The number of piperidine rings is 1. The zero-order valence-corrected chi connectivity index (χ0v) is 44.6. The summed E-state index contributed by atoms with van der Waals surface area (Å²) < 4.78 is 47.1. The Morgan fingerprint density at radius 2 is 1.65 bits per heavy atom. The Morgan fingerprint density at radius 1 is 0.897 bits per heavy atom. The number of nitrogens with one attached hydrogen (secondary N) is 3. The van der Waals surface area contributed by atoms with Crippen molar-refractivity contribution in [1.82, 2.24) is 35.6 Å². The molecule has 9 amide bonds. The number of morpholine rings is 1. The van der Waals surface area contributed by atoms with Crippen LogP contribution < -0.4 is 16.0 Å². The Kier molecular flexibility index (Phi) is 17.1. The van der Waals surface area contributed by atoms with Crippen LogP contribution in [0.1, 0.15) is 119 Å². The predicted molar refractivity (Wildman–Crippen MR) is 278 cm³/mol.